The highest BCUT2D eigenvalue weighted by molar-refractivity contribution is 5.44. The molecule has 0 amide bonds. The van der Waals surface area contributed by atoms with Gasteiger partial charge >= 0.3 is 0 Å². The second kappa shape index (κ2) is 5.50. The van der Waals surface area contributed by atoms with Crippen LogP contribution in [0.3, 0.4) is 0 Å². The third-order valence-corrected chi connectivity index (χ3v) is 5.34. The van der Waals surface area contributed by atoms with Crippen molar-refractivity contribution in [2.45, 2.75) is 56.8 Å². The zero-order valence-electron chi connectivity index (χ0n) is 12.7. The van der Waals surface area contributed by atoms with Gasteiger partial charge in [-0.1, -0.05) is 12.5 Å². The van der Waals surface area contributed by atoms with Gasteiger partial charge in [-0.3, -0.25) is 4.90 Å². The smallest absolute Gasteiger partial charge is 0.231 e. The molecule has 0 saturated carbocycles. The molecule has 1 aromatic carbocycles. The first-order chi connectivity index (χ1) is 10.3. The Morgan fingerprint density at radius 2 is 1.90 bits per heavy atom. The van der Waals surface area contributed by atoms with E-state index in [1.165, 1.54) is 37.7 Å². The van der Waals surface area contributed by atoms with Gasteiger partial charge in [0.2, 0.25) is 6.79 Å². The standard InChI is InChI=1S/C17H24N2O2/c1-18-13-8-14-3-2-4-15(9-13)19(14)10-12-5-6-16-17(7-12)21-11-20-16/h5-7,13-15,18H,2-4,8-11H2,1H3. The maximum Gasteiger partial charge on any atom is 0.231 e. The molecule has 114 valence electrons. The molecule has 21 heavy (non-hydrogen) atoms. The molecule has 0 radical (unpaired) electrons. The molecular weight excluding hydrogens is 264 g/mol. The van der Waals surface area contributed by atoms with Crippen LogP contribution in [0.25, 0.3) is 0 Å². The van der Waals surface area contributed by atoms with Crippen LogP contribution >= 0.6 is 0 Å². The van der Waals surface area contributed by atoms with Crippen molar-refractivity contribution in [3.05, 3.63) is 23.8 Å². The quantitative estimate of drug-likeness (QED) is 0.926. The summed E-state index contributed by atoms with van der Waals surface area (Å²) >= 11 is 0. The fourth-order valence-corrected chi connectivity index (χ4v) is 4.22. The van der Waals surface area contributed by atoms with Gasteiger partial charge in [0.25, 0.3) is 0 Å². The number of piperidine rings is 2. The molecular formula is C17H24N2O2. The first kappa shape index (κ1) is 13.4. The first-order valence-electron chi connectivity index (χ1n) is 8.15. The van der Waals surface area contributed by atoms with E-state index in [1.54, 1.807) is 0 Å². The van der Waals surface area contributed by atoms with Crippen molar-refractivity contribution in [2.75, 3.05) is 13.8 Å². The highest BCUT2D eigenvalue weighted by Crippen LogP contribution is 2.37. The molecule has 3 aliphatic rings. The number of nitrogens with zero attached hydrogens (tertiary/aromatic N) is 1. The van der Waals surface area contributed by atoms with Gasteiger partial charge < -0.3 is 14.8 Å². The summed E-state index contributed by atoms with van der Waals surface area (Å²) in [6, 6.07) is 8.57. The second-order valence-corrected chi connectivity index (χ2v) is 6.56. The van der Waals surface area contributed by atoms with Crippen LogP contribution in [0.5, 0.6) is 11.5 Å². The van der Waals surface area contributed by atoms with Gasteiger partial charge in [0.1, 0.15) is 0 Å². The summed E-state index contributed by atoms with van der Waals surface area (Å²) in [5, 5.41) is 3.49. The van der Waals surface area contributed by atoms with E-state index < -0.39 is 0 Å². The fraction of sp³-hybridized carbons (Fsp3) is 0.647. The largest absolute Gasteiger partial charge is 0.454 e. The number of hydrogen-bond acceptors (Lipinski definition) is 4. The fourth-order valence-electron chi connectivity index (χ4n) is 4.22. The highest BCUT2D eigenvalue weighted by Gasteiger charge is 2.37. The van der Waals surface area contributed by atoms with E-state index in [1.807, 2.05) is 6.07 Å². The van der Waals surface area contributed by atoms with Crippen molar-refractivity contribution < 1.29 is 9.47 Å². The lowest BCUT2D eigenvalue weighted by atomic mass is 9.81. The minimum Gasteiger partial charge on any atom is -0.454 e. The number of rotatable bonds is 3. The first-order valence-corrected chi connectivity index (χ1v) is 8.15. The van der Waals surface area contributed by atoms with Gasteiger partial charge in [-0.25, -0.2) is 0 Å². The summed E-state index contributed by atoms with van der Waals surface area (Å²) in [5.74, 6) is 1.79. The number of ether oxygens (including phenoxy) is 2. The van der Waals surface area contributed by atoms with Crippen molar-refractivity contribution in [3.8, 4) is 11.5 Å². The van der Waals surface area contributed by atoms with E-state index >= 15 is 0 Å². The molecule has 0 aliphatic carbocycles. The van der Waals surface area contributed by atoms with Crippen molar-refractivity contribution in [2.24, 2.45) is 0 Å². The molecule has 2 bridgehead atoms. The van der Waals surface area contributed by atoms with Gasteiger partial charge in [-0.05, 0) is 50.4 Å². The lowest BCUT2D eigenvalue weighted by Gasteiger charge is -2.49. The lowest BCUT2D eigenvalue weighted by molar-refractivity contribution is 0.0190. The molecule has 0 aromatic heterocycles. The number of hydrogen-bond donors (Lipinski definition) is 1. The van der Waals surface area contributed by atoms with E-state index in [0.717, 1.165) is 30.1 Å². The average molecular weight is 288 g/mol. The molecule has 3 heterocycles. The molecule has 1 N–H and O–H groups in total. The number of benzene rings is 1. The molecule has 2 atom stereocenters. The van der Waals surface area contributed by atoms with Crippen molar-refractivity contribution in [3.63, 3.8) is 0 Å². The Kier molecular flexibility index (Phi) is 3.51. The maximum atomic E-state index is 5.51. The lowest BCUT2D eigenvalue weighted by Crippen LogP contribution is -2.55. The van der Waals surface area contributed by atoms with Gasteiger partial charge in [0, 0.05) is 24.7 Å². The normalized spacial score (nSPS) is 31.4. The Morgan fingerprint density at radius 1 is 1.14 bits per heavy atom. The van der Waals surface area contributed by atoms with Crippen LogP contribution in [-0.4, -0.2) is 36.9 Å². The molecule has 2 saturated heterocycles. The molecule has 2 fully saturated rings. The Balaban J connectivity index is 1.51. The maximum absolute atomic E-state index is 5.51. The zero-order valence-corrected chi connectivity index (χ0v) is 12.7. The summed E-state index contributed by atoms with van der Waals surface area (Å²) in [4.78, 5) is 2.73. The molecule has 0 spiro atoms. The molecule has 4 nitrogen and oxygen atoms in total. The van der Waals surface area contributed by atoms with Crippen molar-refractivity contribution in [1.29, 1.82) is 0 Å². The summed E-state index contributed by atoms with van der Waals surface area (Å²) < 4.78 is 10.9. The van der Waals surface area contributed by atoms with Crippen LogP contribution in [-0.2, 0) is 6.54 Å². The van der Waals surface area contributed by atoms with Gasteiger partial charge in [-0.15, -0.1) is 0 Å². The summed E-state index contributed by atoms with van der Waals surface area (Å²) in [7, 11) is 2.11. The predicted molar refractivity (Wildman–Crippen MR) is 81.6 cm³/mol. The number of nitrogens with one attached hydrogen (secondary N) is 1. The summed E-state index contributed by atoms with van der Waals surface area (Å²) in [6.45, 7) is 1.40. The third-order valence-electron chi connectivity index (χ3n) is 5.34. The van der Waals surface area contributed by atoms with Gasteiger partial charge in [-0.2, -0.15) is 0 Å². The Bertz CT molecular complexity index is 506. The highest BCUT2D eigenvalue weighted by atomic mass is 16.7. The van der Waals surface area contributed by atoms with E-state index in [-0.39, 0.29) is 0 Å². The van der Waals surface area contributed by atoms with Crippen LogP contribution in [0, 0.1) is 0 Å². The SMILES string of the molecule is CNC1CC2CCCC(C1)N2Cc1ccc2c(c1)OCO2. The van der Waals surface area contributed by atoms with Crippen LogP contribution in [0.2, 0.25) is 0 Å². The van der Waals surface area contributed by atoms with Crippen LogP contribution < -0.4 is 14.8 Å². The minimum absolute atomic E-state index is 0.359. The van der Waals surface area contributed by atoms with Gasteiger partial charge in [0.05, 0.1) is 0 Å². The summed E-state index contributed by atoms with van der Waals surface area (Å²) in [6.07, 6.45) is 6.66. The Labute approximate surface area is 126 Å². The average Bonchev–Trinajstić information content (AvgIpc) is 2.94. The van der Waals surface area contributed by atoms with E-state index in [9.17, 15) is 0 Å². The Hall–Kier alpha value is -1.26. The van der Waals surface area contributed by atoms with E-state index in [2.05, 4.69) is 29.4 Å². The zero-order chi connectivity index (χ0) is 14.2. The van der Waals surface area contributed by atoms with E-state index in [0.29, 0.717) is 12.8 Å². The molecule has 4 heteroatoms. The van der Waals surface area contributed by atoms with Crippen LogP contribution in [0.1, 0.15) is 37.7 Å². The second-order valence-electron chi connectivity index (χ2n) is 6.56. The van der Waals surface area contributed by atoms with Crippen LogP contribution in [0.4, 0.5) is 0 Å². The third kappa shape index (κ3) is 2.51. The molecule has 3 aliphatic heterocycles. The van der Waals surface area contributed by atoms with Crippen molar-refractivity contribution >= 4 is 0 Å². The molecule has 4 rings (SSSR count). The van der Waals surface area contributed by atoms with Crippen LogP contribution in [0.15, 0.2) is 18.2 Å². The van der Waals surface area contributed by atoms with E-state index in [4.69, 9.17) is 9.47 Å². The minimum atomic E-state index is 0.359. The monoisotopic (exact) mass is 288 g/mol. The summed E-state index contributed by atoms with van der Waals surface area (Å²) in [5.41, 5.74) is 1.35. The topological polar surface area (TPSA) is 33.7 Å². The van der Waals surface area contributed by atoms with Gasteiger partial charge in [0.15, 0.2) is 11.5 Å². The predicted octanol–water partition coefficient (Wildman–Crippen LogP) is 2.52. The number of fused-ring (bicyclic) bond motifs is 3. The van der Waals surface area contributed by atoms with Crippen molar-refractivity contribution in [1.82, 2.24) is 10.2 Å². The molecule has 2 unspecified atom stereocenters. The Morgan fingerprint density at radius 3 is 2.67 bits per heavy atom. The molecule has 1 aromatic rings.